The highest BCUT2D eigenvalue weighted by Gasteiger charge is 2.52. The summed E-state index contributed by atoms with van der Waals surface area (Å²) < 4.78 is 38.4. The number of carbonyl (C=O) groups is 1. The first kappa shape index (κ1) is 30.0. The highest BCUT2D eigenvalue weighted by atomic mass is 35.5. The molecule has 4 atom stereocenters. The van der Waals surface area contributed by atoms with Gasteiger partial charge in [-0.15, -0.1) is 0 Å². The average molecular weight is 613 g/mol. The van der Waals surface area contributed by atoms with Gasteiger partial charge in [-0.2, -0.15) is 0 Å². The van der Waals surface area contributed by atoms with E-state index in [1.165, 1.54) is 6.07 Å². The Hall–Kier alpha value is -3.08. The molecule has 6 rings (SSSR count). The van der Waals surface area contributed by atoms with E-state index in [2.05, 4.69) is 5.32 Å². The van der Waals surface area contributed by atoms with E-state index in [4.69, 9.17) is 22.1 Å². The molecule has 1 fully saturated rings. The Morgan fingerprint density at radius 3 is 2.44 bits per heavy atom. The lowest BCUT2D eigenvalue weighted by atomic mass is 9.81. The molecule has 3 aliphatic rings. The van der Waals surface area contributed by atoms with Gasteiger partial charge in [-0.1, -0.05) is 48.9 Å². The van der Waals surface area contributed by atoms with Crippen LogP contribution in [0.15, 0.2) is 42.5 Å². The summed E-state index contributed by atoms with van der Waals surface area (Å²) in [6.45, 7) is 3.67. The van der Waals surface area contributed by atoms with Crippen LogP contribution in [-0.2, 0) is 12.0 Å². The van der Waals surface area contributed by atoms with Crippen LogP contribution < -0.4 is 15.8 Å². The standard InChI is InChI=1S/C33H35ClF2N2O5/c1-16-12-17-13-20(31(37)41)24(28(36)23(17)29(16)39)26-25-22(14-21(35)27(26)34)43-33(30(25)40,18-6-4-3-5-7-18)15-38-19-8-10-32(2,42)11-9-19/h3-7,13-14,16,19,29-30,38-40,42H,8-12,15H2,1-2H3,(H2,37,41)/t16?,19?,29?,30-,32?,33+/m0/s1. The largest absolute Gasteiger partial charge is 0.478 e. The molecule has 10 heteroatoms. The minimum absolute atomic E-state index is 0.000783. The van der Waals surface area contributed by atoms with Gasteiger partial charge in [0.25, 0.3) is 0 Å². The van der Waals surface area contributed by atoms with Crippen molar-refractivity contribution < 1.29 is 33.6 Å². The Kier molecular flexibility index (Phi) is 7.54. The van der Waals surface area contributed by atoms with Crippen LogP contribution in [-0.4, -0.2) is 39.4 Å². The number of rotatable bonds is 6. The fourth-order valence-electron chi connectivity index (χ4n) is 7.00. The van der Waals surface area contributed by atoms with Crippen LogP contribution in [0.25, 0.3) is 11.1 Å². The molecule has 228 valence electrons. The van der Waals surface area contributed by atoms with Crippen molar-refractivity contribution in [1.82, 2.24) is 5.32 Å². The molecule has 0 aromatic heterocycles. The lowest BCUT2D eigenvalue weighted by Crippen LogP contribution is -2.49. The van der Waals surface area contributed by atoms with Crippen molar-refractivity contribution in [1.29, 1.82) is 0 Å². The van der Waals surface area contributed by atoms with Crippen molar-refractivity contribution in [3.63, 3.8) is 0 Å². The molecule has 43 heavy (non-hydrogen) atoms. The van der Waals surface area contributed by atoms with Gasteiger partial charge in [-0.25, -0.2) is 8.78 Å². The number of ether oxygens (including phenoxy) is 1. The first-order valence-electron chi connectivity index (χ1n) is 14.6. The fourth-order valence-corrected chi connectivity index (χ4v) is 7.25. The normalized spacial score (nSPS) is 29.7. The van der Waals surface area contributed by atoms with Crippen LogP contribution in [0.4, 0.5) is 8.78 Å². The number of fused-ring (bicyclic) bond motifs is 2. The molecule has 6 N–H and O–H groups in total. The van der Waals surface area contributed by atoms with Gasteiger partial charge in [0, 0.05) is 40.9 Å². The van der Waals surface area contributed by atoms with Crippen LogP contribution >= 0.6 is 11.6 Å². The number of hydrogen-bond donors (Lipinski definition) is 5. The molecule has 0 bridgehead atoms. The minimum Gasteiger partial charge on any atom is -0.478 e. The van der Waals surface area contributed by atoms with Gasteiger partial charge >= 0.3 is 0 Å². The highest BCUT2D eigenvalue weighted by Crippen LogP contribution is 2.56. The van der Waals surface area contributed by atoms with Crippen molar-refractivity contribution in [3.8, 4) is 16.9 Å². The lowest BCUT2D eigenvalue weighted by molar-refractivity contribution is -0.0375. The van der Waals surface area contributed by atoms with E-state index in [1.807, 2.05) is 13.0 Å². The van der Waals surface area contributed by atoms with E-state index >= 15 is 8.78 Å². The van der Waals surface area contributed by atoms with E-state index in [0.29, 0.717) is 43.2 Å². The minimum atomic E-state index is -1.48. The van der Waals surface area contributed by atoms with E-state index < -0.39 is 46.0 Å². The lowest BCUT2D eigenvalue weighted by Gasteiger charge is -2.38. The second-order valence-corrected chi connectivity index (χ2v) is 12.9. The van der Waals surface area contributed by atoms with Crippen molar-refractivity contribution >= 4 is 17.5 Å². The molecular formula is C33H35ClF2N2O5. The SMILES string of the molecule is CC1Cc2cc(C(N)=O)c(-c3c(Cl)c(F)cc4c3[C@H](O)[C@@](CNC3CCC(C)(O)CC3)(c3ccccc3)O4)c(F)c2C1O. The number of halogens is 3. The number of hydrogen-bond acceptors (Lipinski definition) is 6. The van der Waals surface area contributed by atoms with Crippen LogP contribution in [0.1, 0.15) is 84.4 Å². The van der Waals surface area contributed by atoms with Crippen LogP contribution in [0.2, 0.25) is 5.02 Å². The summed E-state index contributed by atoms with van der Waals surface area (Å²) in [5, 5.41) is 36.3. The zero-order valence-electron chi connectivity index (χ0n) is 24.0. The molecule has 1 amide bonds. The van der Waals surface area contributed by atoms with E-state index in [9.17, 15) is 20.1 Å². The fraction of sp³-hybridized carbons (Fsp3) is 0.424. The Labute approximate surface area is 253 Å². The van der Waals surface area contributed by atoms with Gasteiger partial charge in [0.05, 0.1) is 22.3 Å². The molecule has 0 spiro atoms. The first-order chi connectivity index (χ1) is 20.3. The number of benzene rings is 3. The third-order valence-corrected chi connectivity index (χ3v) is 9.86. The van der Waals surface area contributed by atoms with Crippen LogP contribution in [0.5, 0.6) is 5.75 Å². The van der Waals surface area contributed by atoms with Gasteiger partial charge in [-0.3, -0.25) is 4.79 Å². The Bertz CT molecular complexity index is 1590. The van der Waals surface area contributed by atoms with Gasteiger partial charge in [0.2, 0.25) is 5.91 Å². The molecule has 3 aromatic rings. The predicted molar refractivity (Wildman–Crippen MR) is 158 cm³/mol. The molecule has 3 aromatic carbocycles. The van der Waals surface area contributed by atoms with E-state index in [-0.39, 0.29) is 52.1 Å². The summed E-state index contributed by atoms with van der Waals surface area (Å²) in [5.41, 5.74) is 3.71. The maximum atomic E-state index is 16.5. The molecule has 1 saturated carbocycles. The van der Waals surface area contributed by atoms with Gasteiger partial charge < -0.3 is 31.1 Å². The highest BCUT2D eigenvalue weighted by molar-refractivity contribution is 6.34. The maximum absolute atomic E-state index is 16.5. The number of amides is 1. The van der Waals surface area contributed by atoms with Gasteiger partial charge in [0.1, 0.15) is 23.5 Å². The second kappa shape index (κ2) is 10.8. The first-order valence-corrected chi connectivity index (χ1v) is 15.0. The van der Waals surface area contributed by atoms with Crippen LogP contribution in [0.3, 0.4) is 0 Å². The second-order valence-electron chi connectivity index (χ2n) is 12.5. The number of nitrogens with two attached hydrogens (primary N) is 1. The zero-order valence-corrected chi connectivity index (χ0v) is 24.7. The summed E-state index contributed by atoms with van der Waals surface area (Å²) in [4.78, 5) is 12.7. The molecular weight excluding hydrogens is 578 g/mol. The summed E-state index contributed by atoms with van der Waals surface area (Å²) in [7, 11) is 0. The van der Waals surface area contributed by atoms with Crippen LogP contribution in [0, 0.1) is 17.6 Å². The van der Waals surface area contributed by atoms with Crippen molar-refractivity contribution in [2.24, 2.45) is 11.7 Å². The third-order valence-electron chi connectivity index (χ3n) is 9.49. The third kappa shape index (κ3) is 4.91. The van der Waals surface area contributed by atoms with E-state index in [0.717, 1.165) is 6.07 Å². The average Bonchev–Trinajstić information content (AvgIpc) is 3.42. The molecule has 0 saturated heterocycles. The van der Waals surface area contributed by atoms with Crippen molar-refractivity contribution in [3.05, 3.63) is 86.9 Å². The maximum Gasteiger partial charge on any atom is 0.249 e. The summed E-state index contributed by atoms with van der Waals surface area (Å²) in [6, 6.07) is 11.5. The molecule has 2 aliphatic carbocycles. The molecule has 0 radical (unpaired) electrons. The molecule has 7 nitrogen and oxygen atoms in total. The summed E-state index contributed by atoms with van der Waals surface area (Å²) >= 11 is 6.54. The molecule has 2 unspecified atom stereocenters. The molecule has 1 heterocycles. The summed E-state index contributed by atoms with van der Waals surface area (Å²) in [5.74, 6) is -3.19. The van der Waals surface area contributed by atoms with Crippen molar-refractivity contribution in [2.45, 2.75) is 75.4 Å². The topological polar surface area (TPSA) is 125 Å². The molecule has 1 aliphatic heterocycles. The number of nitrogens with one attached hydrogen (secondary N) is 1. The predicted octanol–water partition coefficient (Wildman–Crippen LogP) is 5.21. The number of aliphatic hydroxyl groups excluding tert-OH is 2. The number of primary amides is 1. The monoisotopic (exact) mass is 612 g/mol. The zero-order chi connectivity index (χ0) is 30.8. The van der Waals surface area contributed by atoms with Crippen molar-refractivity contribution in [2.75, 3.05) is 6.54 Å². The Morgan fingerprint density at radius 1 is 1.12 bits per heavy atom. The Morgan fingerprint density at radius 2 is 1.79 bits per heavy atom. The quantitative estimate of drug-likeness (QED) is 0.260. The van der Waals surface area contributed by atoms with Gasteiger partial charge in [-0.05, 0) is 62.1 Å². The number of aliphatic hydroxyl groups is 3. The van der Waals surface area contributed by atoms with Gasteiger partial charge in [0.15, 0.2) is 5.60 Å². The number of carbonyl (C=O) groups excluding carboxylic acids is 1. The summed E-state index contributed by atoms with van der Waals surface area (Å²) in [6.07, 6.45) is 0.320. The Balaban J connectivity index is 1.51. The smallest absolute Gasteiger partial charge is 0.249 e. The van der Waals surface area contributed by atoms with E-state index in [1.54, 1.807) is 31.2 Å².